The Morgan fingerprint density at radius 1 is 1.18 bits per heavy atom. The average Bonchev–Trinajstić information content (AvgIpc) is 3.52. The van der Waals surface area contributed by atoms with Crippen molar-refractivity contribution in [3.63, 3.8) is 0 Å². The fraction of sp³-hybridized carbons (Fsp3) is 0.292. The van der Waals surface area contributed by atoms with Crippen LogP contribution in [-0.4, -0.2) is 41.0 Å². The molecule has 3 aromatic rings. The van der Waals surface area contributed by atoms with Crippen LogP contribution in [0.5, 0.6) is 0 Å². The first-order chi connectivity index (χ1) is 16.2. The standard InChI is InChI=1S/C24H19Cl2F2N3O3/c25-13-2-1-12(18(26)7-13)9-29-14-5-6-30(10-14)22-19(27)8-16-21(20(22)28)31(15-3-4-15)11-17(23(16)32)24(33)34/h1-2,7-9,11,14-15H,3-6,10H2,(H,33,34)/b29-9+. The second-order valence-electron chi connectivity index (χ2n) is 8.57. The van der Waals surface area contributed by atoms with E-state index in [1.54, 1.807) is 29.3 Å². The Morgan fingerprint density at radius 2 is 1.94 bits per heavy atom. The van der Waals surface area contributed by atoms with Gasteiger partial charge in [-0.05, 0) is 37.5 Å². The summed E-state index contributed by atoms with van der Waals surface area (Å²) < 4.78 is 32.3. The van der Waals surface area contributed by atoms with Crippen molar-refractivity contribution in [2.75, 3.05) is 18.0 Å². The van der Waals surface area contributed by atoms with Crippen molar-refractivity contribution < 1.29 is 18.7 Å². The van der Waals surface area contributed by atoms with E-state index in [1.807, 2.05) is 0 Å². The third kappa shape index (κ3) is 4.05. The minimum atomic E-state index is -1.42. The highest BCUT2D eigenvalue weighted by atomic mass is 35.5. The summed E-state index contributed by atoms with van der Waals surface area (Å²) in [6.07, 6.45) is 4.83. The van der Waals surface area contributed by atoms with Gasteiger partial charge in [0.15, 0.2) is 5.82 Å². The van der Waals surface area contributed by atoms with E-state index in [4.69, 9.17) is 23.2 Å². The molecule has 5 rings (SSSR count). The van der Waals surface area contributed by atoms with Gasteiger partial charge in [-0.15, -0.1) is 0 Å². The van der Waals surface area contributed by atoms with E-state index in [0.29, 0.717) is 28.6 Å². The van der Waals surface area contributed by atoms with Crippen molar-refractivity contribution in [1.82, 2.24) is 4.57 Å². The summed E-state index contributed by atoms with van der Waals surface area (Å²) in [7, 11) is 0. The van der Waals surface area contributed by atoms with E-state index in [1.165, 1.54) is 10.8 Å². The highest BCUT2D eigenvalue weighted by Crippen LogP contribution is 2.40. The Kier molecular flexibility index (Phi) is 5.81. The summed E-state index contributed by atoms with van der Waals surface area (Å²) in [4.78, 5) is 30.2. The van der Waals surface area contributed by atoms with Gasteiger partial charge in [0.25, 0.3) is 0 Å². The zero-order valence-electron chi connectivity index (χ0n) is 17.8. The van der Waals surface area contributed by atoms with E-state index < -0.39 is 28.6 Å². The molecule has 0 amide bonds. The number of aliphatic imine (C=N–C) groups is 1. The number of hydrogen-bond donors (Lipinski definition) is 1. The maximum Gasteiger partial charge on any atom is 0.341 e. The van der Waals surface area contributed by atoms with Gasteiger partial charge in [0, 0.05) is 42.1 Å². The number of anilines is 1. The van der Waals surface area contributed by atoms with Crippen molar-refractivity contribution in [3.05, 3.63) is 73.5 Å². The third-order valence-corrected chi connectivity index (χ3v) is 6.78. The first-order valence-electron chi connectivity index (χ1n) is 10.8. The Labute approximate surface area is 203 Å². The number of halogens is 4. The van der Waals surface area contributed by atoms with Gasteiger partial charge in [0.05, 0.1) is 22.0 Å². The van der Waals surface area contributed by atoms with Crippen LogP contribution in [0.4, 0.5) is 14.5 Å². The zero-order chi connectivity index (χ0) is 24.1. The lowest BCUT2D eigenvalue weighted by Gasteiger charge is -2.22. The van der Waals surface area contributed by atoms with Crippen LogP contribution in [0.2, 0.25) is 10.0 Å². The number of rotatable bonds is 5. The quantitative estimate of drug-likeness (QED) is 0.476. The summed E-state index contributed by atoms with van der Waals surface area (Å²) in [6, 6.07) is 5.68. The lowest BCUT2D eigenvalue weighted by atomic mass is 10.1. The number of fused-ring (bicyclic) bond motifs is 1. The van der Waals surface area contributed by atoms with Gasteiger partial charge in [-0.25, -0.2) is 13.6 Å². The number of benzene rings is 2. The van der Waals surface area contributed by atoms with Crippen LogP contribution in [0, 0.1) is 11.6 Å². The molecule has 1 aliphatic carbocycles. The molecule has 2 heterocycles. The maximum absolute atomic E-state index is 15.8. The van der Waals surface area contributed by atoms with Crippen LogP contribution < -0.4 is 10.3 Å². The molecule has 176 valence electrons. The monoisotopic (exact) mass is 505 g/mol. The fourth-order valence-corrected chi connectivity index (χ4v) is 4.83. The first kappa shape index (κ1) is 22.8. The van der Waals surface area contributed by atoms with Crippen LogP contribution in [0.1, 0.15) is 41.2 Å². The zero-order valence-corrected chi connectivity index (χ0v) is 19.3. The molecule has 1 saturated heterocycles. The highest BCUT2D eigenvalue weighted by Gasteiger charge is 2.32. The second kappa shape index (κ2) is 8.67. The number of carboxylic acids is 1. The molecule has 1 N–H and O–H groups in total. The first-order valence-corrected chi connectivity index (χ1v) is 11.5. The summed E-state index contributed by atoms with van der Waals surface area (Å²) in [5, 5.41) is 10.1. The summed E-state index contributed by atoms with van der Waals surface area (Å²) in [5.41, 5.74) is -0.995. The van der Waals surface area contributed by atoms with Crippen molar-refractivity contribution in [1.29, 1.82) is 0 Å². The van der Waals surface area contributed by atoms with Crippen molar-refractivity contribution >= 4 is 52.0 Å². The van der Waals surface area contributed by atoms with E-state index in [9.17, 15) is 14.7 Å². The van der Waals surface area contributed by atoms with Crippen LogP contribution in [-0.2, 0) is 0 Å². The van der Waals surface area contributed by atoms with Gasteiger partial charge in [-0.2, -0.15) is 0 Å². The average molecular weight is 506 g/mol. The number of nitrogens with zero attached hydrogens (tertiary/aromatic N) is 3. The molecule has 1 aromatic heterocycles. The van der Waals surface area contributed by atoms with Gasteiger partial charge in [0.1, 0.15) is 17.1 Å². The Morgan fingerprint density at radius 3 is 2.62 bits per heavy atom. The summed E-state index contributed by atoms with van der Waals surface area (Å²) >= 11 is 12.1. The molecular weight excluding hydrogens is 487 g/mol. The number of aromatic nitrogens is 1. The fourth-order valence-electron chi connectivity index (χ4n) is 4.37. The van der Waals surface area contributed by atoms with Crippen LogP contribution >= 0.6 is 23.2 Å². The molecule has 0 spiro atoms. The molecule has 2 fully saturated rings. The highest BCUT2D eigenvalue weighted by molar-refractivity contribution is 6.36. The van der Waals surface area contributed by atoms with Gasteiger partial charge in [0.2, 0.25) is 5.43 Å². The number of hydrogen-bond acceptors (Lipinski definition) is 4. The topological polar surface area (TPSA) is 74.9 Å². The molecule has 6 nitrogen and oxygen atoms in total. The van der Waals surface area contributed by atoms with E-state index >= 15 is 8.78 Å². The molecule has 10 heteroatoms. The predicted octanol–water partition coefficient (Wildman–Crippen LogP) is 5.32. The normalized spacial score (nSPS) is 18.4. The summed E-state index contributed by atoms with van der Waals surface area (Å²) in [5.74, 6) is -3.19. The predicted molar refractivity (Wildman–Crippen MR) is 128 cm³/mol. The Hall–Kier alpha value is -2.97. The smallest absolute Gasteiger partial charge is 0.341 e. The van der Waals surface area contributed by atoms with Crippen LogP contribution in [0.25, 0.3) is 10.9 Å². The molecular formula is C24H19Cl2F2N3O3. The lowest BCUT2D eigenvalue weighted by molar-refractivity contribution is 0.0694. The minimum Gasteiger partial charge on any atom is -0.477 e. The number of carboxylic acid groups (broad SMARTS) is 1. The van der Waals surface area contributed by atoms with Gasteiger partial charge >= 0.3 is 5.97 Å². The van der Waals surface area contributed by atoms with Crippen LogP contribution in [0.15, 0.2) is 40.2 Å². The van der Waals surface area contributed by atoms with Crippen molar-refractivity contribution in [2.24, 2.45) is 4.99 Å². The van der Waals surface area contributed by atoms with Gasteiger partial charge in [-0.1, -0.05) is 29.3 Å². The lowest BCUT2D eigenvalue weighted by Crippen LogP contribution is -2.25. The maximum atomic E-state index is 15.8. The van der Waals surface area contributed by atoms with E-state index in [0.717, 1.165) is 18.9 Å². The van der Waals surface area contributed by atoms with Gasteiger partial charge < -0.3 is 14.6 Å². The molecule has 0 radical (unpaired) electrons. The molecule has 1 saturated carbocycles. The molecule has 2 aromatic carbocycles. The largest absolute Gasteiger partial charge is 0.477 e. The number of pyridine rings is 1. The molecule has 2 aliphatic rings. The van der Waals surface area contributed by atoms with Gasteiger partial charge in [-0.3, -0.25) is 9.79 Å². The van der Waals surface area contributed by atoms with Crippen LogP contribution in [0.3, 0.4) is 0 Å². The number of aromatic carboxylic acids is 1. The SMILES string of the molecule is O=C(O)c1cn(C2CC2)c2c(F)c(N3CCC(/N=C/c4ccc(Cl)cc4Cl)C3)c(F)cc2c1=O. The third-order valence-electron chi connectivity index (χ3n) is 6.22. The van der Waals surface area contributed by atoms with E-state index in [2.05, 4.69) is 4.99 Å². The van der Waals surface area contributed by atoms with Crippen molar-refractivity contribution in [3.8, 4) is 0 Å². The molecule has 1 unspecified atom stereocenters. The van der Waals surface area contributed by atoms with E-state index in [-0.39, 0.29) is 35.2 Å². The molecule has 1 atom stereocenters. The van der Waals surface area contributed by atoms with Crippen molar-refractivity contribution in [2.45, 2.75) is 31.3 Å². The summed E-state index contributed by atoms with van der Waals surface area (Å²) in [6.45, 7) is 0.651. The minimum absolute atomic E-state index is 0.0613. The molecule has 34 heavy (non-hydrogen) atoms. The molecule has 1 aliphatic heterocycles. The Balaban J connectivity index is 1.50. The second-order valence-corrected chi connectivity index (χ2v) is 9.41. The molecule has 0 bridgehead atoms. The number of carbonyl (C=O) groups is 1. The Bertz CT molecular complexity index is 1420.